The van der Waals surface area contributed by atoms with Crippen LogP contribution in [0.2, 0.25) is 5.02 Å². The van der Waals surface area contributed by atoms with E-state index in [2.05, 4.69) is 28.0 Å². The number of rotatable bonds is 5. The summed E-state index contributed by atoms with van der Waals surface area (Å²) in [6.07, 6.45) is 0.805. The Kier molecular flexibility index (Phi) is 5.80. The SMILES string of the molecule is CCc1cc2oc(=O)cc(CN3CCN(Cc4nc5ccccc5s4)CC3)c2cc1Cl. The molecule has 1 fully saturated rings. The van der Waals surface area contributed by atoms with Crippen LogP contribution in [0.15, 0.2) is 51.7 Å². The second-order valence-electron chi connectivity index (χ2n) is 8.01. The van der Waals surface area contributed by atoms with E-state index in [1.807, 2.05) is 25.1 Å². The van der Waals surface area contributed by atoms with Gasteiger partial charge >= 0.3 is 5.63 Å². The van der Waals surface area contributed by atoms with E-state index in [0.717, 1.165) is 72.7 Å². The average molecular weight is 454 g/mol. The summed E-state index contributed by atoms with van der Waals surface area (Å²) < 4.78 is 6.70. The van der Waals surface area contributed by atoms with Crippen molar-refractivity contribution < 1.29 is 4.42 Å². The lowest BCUT2D eigenvalue weighted by Gasteiger charge is -2.34. The molecule has 0 atom stereocenters. The van der Waals surface area contributed by atoms with Gasteiger partial charge in [-0.25, -0.2) is 9.78 Å². The van der Waals surface area contributed by atoms with Gasteiger partial charge in [0.25, 0.3) is 0 Å². The number of aromatic nitrogens is 1. The number of halogens is 1. The summed E-state index contributed by atoms with van der Waals surface area (Å²) in [6.45, 7) is 7.52. The molecule has 5 nitrogen and oxygen atoms in total. The fourth-order valence-electron chi connectivity index (χ4n) is 4.22. The molecule has 2 aromatic carbocycles. The van der Waals surface area contributed by atoms with E-state index in [9.17, 15) is 4.79 Å². The van der Waals surface area contributed by atoms with Crippen molar-refractivity contribution in [2.75, 3.05) is 26.2 Å². The molecular weight excluding hydrogens is 430 g/mol. The van der Waals surface area contributed by atoms with Crippen LogP contribution < -0.4 is 5.63 Å². The summed E-state index contributed by atoms with van der Waals surface area (Å²) in [4.78, 5) is 21.7. The quantitative estimate of drug-likeness (QED) is 0.401. The molecule has 0 bridgehead atoms. The molecule has 4 aromatic rings. The van der Waals surface area contributed by atoms with Crippen molar-refractivity contribution in [3.05, 3.63) is 74.0 Å². The van der Waals surface area contributed by atoms with Crippen LogP contribution in [0.1, 0.15) is 23.1 Å². The molecule has 0 radical (unpaired) electrons. The van der Waals surface area contributed by atoms with Crippen LogP contribution in [-0.2, 0) is 19.5 Å². The zero-order valence-corrected chi connectivity index (χ0v) is 19.0. The van der Waals surface area contributed by atoms with Gasteiger partial charge in [0, 0.05) is 49.2 Å². The molecule has 160 valence electrons. The van der Waals surface area contributed by atoms with Gasteiger partial charge in [-0.1, -0.05) is 30.7 Å². The van der Waals surface area contributed by atoms with Gasteiger partial charge in [0.1, 0.15) is 10.6 Å². The van der Waals surface area contributed by atoms with Gasteiger partial charge in [0.2, 0.25) is 0 Å². The lowest BCUT2D eigenvalue weighted by atomic mass is 10.1. The Morgan fingerprint density at radius 2 is 1.77 bits per heavy atom. The Hall–Kier alpha value is -2.25. The maximum atomic E-state index is 12.1. The summed E-state index contributed by atoms with van der Waals surface area (Å²) in [7, 11) is 0. The highest BCUT2D eigenvalue weighted by Crippen LogP contribution is 2.27. The van der Waals surface area contributed by atoms with Gasteiger partial charge in [0.15, 0.2) is 0 Å². The Morgan fingerprint density at radius 3 is 2.52 bits per heavy atom. The molecule has 2 aromatic heterocycles. The first kappa shape index (κ1) is 20.6. The van der Waals surface area contributed by atoms with Crippen molar-refractivity contribution in [2.45, 2.75) is 26.4 Å². The fourth-order valence-corrected chi connectivity index (χ4v) is 5.52. The topological polar surface area (TPSA) is 49.6 Å². The average Bonchev–Trinajstić information content (AvgIpc) is 3.17. The summed E-state index contributed by atoms with van der Waals surface area (Å²) in [5.41, 5.74) is 3.38. The minimum atomic E-state index is -0.304. The number of piperazine rings is 1. The van der Waals surface area contributed by atoms with Gasteiger partial charge in [-0.15, -0.1) is 11.3 Å². The number of aryl methyl sites for hydroxylation is 1. The van der Waals surface area contributed by atoms with Crippen LogP contribution >= 0.6 is 22.9 Å². The third-order valence-corrected chi connectivity index (χ3v) is 7.31. The monoisotopic (exact) mass is 453 g/mol. The molecule has 0 unspecified atom stereocenters. The Bertz CT molecular complexity index is 1260. The minimum absolute atomic E-state index is 0.304. The zero-order chi connectivity index (χ0) is 21.4. The predicted octanol–water partition coefficient (Wildman–Crippen LogP) is 4.94. The second-order valence-corrected chi connectivity index (χ2v) is 9.53. The van der Waals surface area contributed by atoms with Gasteiger partial charge in [-0.3, -0.25) is 9.80 Å². The number of para-hydroxylation sites is 1. The highest BCUT2D eigenvalue weighted by molar-refractivity contribution is 7.18. The Labute approximate surface area is 189 Å². The number of hydrogen-bond donors (Lipinski definition) is 0. The first-order chi connectivity index (χ1) is 15.1. The standard InChI is InChI=1S/C24H24ClN3O2S/c1-2-16-11-21-18(13-19(16)25)17(12-24(29)30-21)14-27-7-9-28(10-8-27)15-23-26-20-5-3-4-6-22(20)31-23/h3-6,11-13H,2,7-10,14-15H2,1H3. The van der Waals surface area contributed by atoms with Crippen LogP contribution in [0.3, 0.4) is 0 Å². The molecule has 1 aliphatic heterocycles. The van der Waals surface area contributed by atoms with E-state index in [1.54, 1.807) is 17.4 Å². The van der Waals surface area contributed by atoms with Crippen LogP contribution in [0, 0.1) is 0 Å². The number of fused-ring (bicyclic) bond motifs is 2. The molecule has 1 saturated heterocycles. The molecule has 0 amide bonds. The predicted molar refractivity (Wildman–Crippen MR) is 127 cm³/mol. The van der Waals surface area contributed by atoms with Crippen molar-refractivity contribution in [2.24, 2.45) is 0 Å². The van der Waals surface area contributed by atoms with Crippen molar-refractivity contribution >= 4 is 44.1 Å². The van der Waals surface area contributed by atoms with Crippen molar-refractivity contribution in [3.63, 3.8) is 0 Å². The normalized spacial score (nSPS) is 15.8. The molecule has 0 saturated carbocycles. The molecule has 0 N–H and O–H groups in total. The summed E-state index contributed by atoms with van der Waals surface area (Å²) in [6, 6.07) is 13.8. The summed E-state index contributed by atoms with van der Waals surface area (Å²) >= 11 is 8.22. The first-order valence-electron chi connectivity index (χ1n) is 10.6. The third-order valence-electron chi connectivity index (χ3n) is 5.93. The molecule has 3 heterocycles. The molecule has 0 aliphatic carbocycles. The minimum Gasteiger partial charge on any atom is -0.423 e. The number of benzene rings is 2. The smallest absolute Gasteiger partial charge is 0.336 e. The number of hydrogen-bond acceptors (Lipinski definition) is 6. The number of thiazole rings is 1. The molecular formula is C24H24ClN3O2S. The van der Waals surface area contributed by atoms with E-state index in [1.165, 1.54) is 9.71 Å². The molecule has 0 spiro atoms. The second kappa shape index (κ2) is 8.71. The van der Waals surface area contributed by atoms with Crippen molar-refractivity contribution in [1.29, 1.82) is 0 Å². The molecule has 1 aliphatic rings. The van der Waals surface area contributed by atoms with Gasteiger partial charge in [-0.05, 0) is 41.8 Å². The van der Waals surface area contributed by atoms with Crippen LogP contribution in [0.25, 0.3) is 21.2 Å². The fraction of sp³-hybridized carbons (Fsp3) is 0.333. The molecule has 5 rings (SSSR count). The summed E-state index contributed by atoms with van der Waals surface area (Å²) in [5.74, 6) is 0. The van der Waals surface area contributed by atoms with E-state index in [-0.39, 0.29) is 5.63 Å². The third kappa shape index (κ3) is 4.39. The Balaban J connectivity index is 1.27. The van der Waals surface area contributed by atoms with E-state index >= 15 is 0 Å². The van der Waals surface area contributed by atoms with Crippen LogP contribution in [-0.4, -0.2) is 41.0 Å². The lowest BCUT2D eigenvalue weighted by molar-refractivity contribution is 0.122. The molecule has 7 heteroatoms. The molecule has 31 heavy (non-hydrogen) atoms. The van der Waals surface area contributed by atoms with Gasteiger partial charge in [-0.2, -0.15) is 0 Å². The largest absolute Gasteiger partial charge is 0.423 e. The number of nitrogens with zero attached hydrogens (tertiary/aromatic N) is 3. The zero-order valence-electron chi connectivity index (χ0n) is 17.4. The van der Waals surface area contributed by atoms with E-state index < -0.39 is 0 Å². The lowest BCUT2D eigenvalue weighted by Crippen LogP contribution is -2.45. The van der Waals surface area contributed by atoms with Crippen LogP contribution in [0.4, 0.5) is 0 Å². The van der Waals surface area contributed by atoms with Crippen LogP contribution in [0.5, 0.6) is 0 Å². The highest BCUT2D eigenvalue weighted by Gasteiger charge is 2.20. The highest BCUT2D eigenvalue weighted by atomic mass is 35.5. The maximum Gasteiger partial charge on any atom is 0.336 e. The van der Waals surface area contributed by atoms with E-state index in [0.29, 0.717) is 5.58 Å². The summed E-state index contributed by atoms with van der Waals surface area (Å²) in [5, 5.41) is 2.83. The van der Waals surface area contributed by atoms with Gasteiger partial charge < -0.3 is 4.42 Å². The first-order valence-corrected chi connectivity index (χ1v) is 11.8. The maximum absolute atomic E-state index is 12.1. The Morgan fingerprint density at radius 1 is 1.03 bits per heavy atom. The van der Waals surface area contributed by atoms with Crippen molar-refractivity contribution in [3.8, 4) is 0 Å². The van der Waals surface area contributed by atoms with E-state index in [4.69, 9.17) is 21.0 Å². The van der Waals surface area contributed by atoms with Gasteiger partial charge in [0.05, 0.1) is 16.8 Å². The van der Waals surface area contributed by atoms with Crippen molar-refractivity contribution in [1.82, 2.24) is 14.8 Å².